The fraction of sp³-hybridized carbons (Fsp3) is 0.455. The Morgan fingerprint density at radius 2 is 1.56 bits per heavy atom. The van der Waals surface area contributed by atoms with Crippen LogP contribution in [0.3, 0.4) is 0 Å². The predicted molar refractivity (Wildman–Crippen MR) is 109 cm³/mol. The second kappa shape index (κ2) is 8.53. The number of anilines is 2. The van der Waals surface area contributed by atoms with Gasteiger partial charge < -0.3 is 10.2 Å². The molecule has 1 aliphatic carbocycles. The molecule has 1 aromatic heterocycles. The van der Waals surface area contributed by atoms with Crippen LogP contribution in [0, 0.1) is 0 Å². The molecule has 0 radical (unpaired) electrons. The van der Waals surface area contributed by atoms with Gasteiger partial charge in [-0.15, -0.1) is 0 Å². The van der Waals surface area contributed by atoms with Crippen LogP contribution in [-0.2, 0) is 0 Å². The molecule has 5 nitrogen and oxygen atoms in total. The molecule has 2 aromatic rings. The molecule has 1 N–H and O–H groups in total. The predicted octanol–water partition coefficient (Wildman–Crippen LogP) is 3.79. The van der Waals surface area contributed by atoms with E-state index in [4.69, 9.17) is 0 Å². The minimum Gasteiger partial charge on any atom is -0.369 e. The first kappa shape index (κ1) is 18.0. The van der Waals surface area contributed by atoms with Gasteiger partial charge >= 0.3 is 0 Å². The van der Waals surface area contributed by atoms with Crippen LogP contribution in [0.2, 0.25) is 0 Å². The Bertz CT molecular complexity index is 733. The first-order chi connectivity index (χ1) is 13.3. The summed E-state index contributed by atoms with van der Waals surface area (Å²) in [4.78, 5) is 21.3. The molecule has 2 aliphatic rings. The first-order valence-electron chi connectivity index (χ1n) is 10.1. The zero-order valence-corrected chi connectivity index (χ0v) is 15.8. The largest absolute Gasteiger partial charge is 0.369 e. The SMILES string of the molecule is O=C(Nc1ccc(N2CCN(C3CCCCC3)CC2)cc1)c1ccncc1. The highest BCUT2D eigenvalue weighted by molar-refractivity contribution is 6.04. The fourth-order valence-electron chi connectivity index (χ4n) is 4.25. The molecule has 0 unspecified atom stereocenters. The number of carbonyl (C=O) groups is 1. The highest BCUT2D eigenvalue weighted by Gasteiger charge is 2.25. The number of nitrogens with one attached hydrogen (secondary N) is 1. The summed E-state index contributed by atoms with van der Waals surface area (Å²) in [5.41, 5.74) is 2.68. The highest BCUT2D eigenvalue weighted by atomic mass is 16.1. The van der Waals surface area contributed by atoms with E-state index in [0.29, 0.717) is 5.56 Å². The van der Waals surface area contributed by atoms with Crippen molar-refractivity contribution in [2.24, 2.45) is 0 Å². The van der Waals surface area contributed by atoms with Crippen molar-refractivity contribution in [2.75, 3.05) is 36.4 Å². The lowest BCUT2D eigenvalue weighted by Crippen LogP contribution is -2.50. The lowest BCUT2D eigenvalue weighted by atomic mass is 9.94. The summed E-state index contributed by atoms with van der Waals surface area (Å²) >= 11 is 0. The Balaban J connectivity index is 1.31. The zero-order chi connectivity index (χ0) is 18.5. The number of piperazine rings is 1. The Morgan fingerprint density at radius 3 is 2.22 bits per heavy atom. The fourth-order valence-corrected chi connectivity index (χ4v) is 4.25. The van der Waals surface area contributed by atoms with Gasteiger partial charge in [-0.25, -0.2) is 0 Å². The highest BCUT2D eigenvalue weighted by Crippen LogP contribution is 2.25. The summed E-state index contributed by atoms with van der Waals surface area (Å²) in [5, 5.41) is 2.94. The number of amides is 1. The van der Waals surface area contributed by atoms with Crippen molar-refractivity contribution in [3.05, 3.63) is 54.4 Å². The van der Waals surface area contributed by atoms with Crippen molar-refractivity contribution in [1.29, 1.82) is 0 Å². The van der Waals surface area contributed by atoms with Gasteiger partial charge in [0.2, 0.25) is 0 Å². The van der Waals surface area contributed by atoms with Gasteiger partial charge in [-0.2, -0.15) is 0 Å². The smallest absolute Gasteiger partial charge is 0.255 e. The molecule has 1 aromatic carbocycles. The minimum absolute atomic E-state index is 0.105. The van der Waals surface area contributed by atoms with Crippen LogP contribution >= 0.6 is 0 Å². The summed E-state index contributed by atoms with van der Waals surface area (Å²) < 4.78 is 0. The monoisotopic (exact) mass is 364 g/mol. The molecule has 2 fully saturated rings. The summed E-state index contributed by atoms with van der Waals surface area (Å²) in [5.74, 6) is -0.105. The number of nitrogens with zero attached hydrogens (tertiary/aromatic N) is 3. The zero-order valence-electron chi connectivity index (χ0n) is 15.8. The topological polar surface area (TPSA) is 48.5 Å². The van der Waals surface area contributed by atoms with E-state index in [2.05, 4.69) is 32.2 Å². The van der Waals surface area contributed by atoms with Crippen molar-refractivity contribution in [3.63, 3.8) is 0 Å². The van der Waals surface area contributed by atoms with Gasteiger partial charge in [0, 0.05) is 61.6 Å². The summed E-state index contributed by atoms with van der Waals surface area (Å²) in [6.07, 6.45) is 10.2. The third kappa shape index (κ3) is 4.48. The van der Waals surface area contributed by atoms with E-state index < -0.39 is 0 Å². The summed E-state index contributed by atoms with van der Waals surface area (Å²) in [6.45, 7) is 4.48. The number of benzene rings is 1. The second-order valence-corrected chi connectivity index (χ2v) is 7.55. The van der Waals surface area contributed by atoms with Gasteiger partial charge in [-0.1, -0.05) is 19.3 Å². The quantitative estimate of drug-likeness (QED) is 0.897. The maximum absolute atomic E-state index is 12.2. The standard InChI is InChI=1S/C22H28N4O/c27-22(18-10-12-23-13-11-18)24-19-6-8-21(9-7-19)26-16-14-25(15-17-26)20-4-2-1-3-5-20/h6-13,20H,1-5,14-17H2,(H,24,27). The van der Waals surface area contributed by atoms with Gasteiger partial charge in [-0.3, -0.25) is 14.7 Å². The molecule has 27 heavy (non-hydrogen) atoms. The van der Waals surface area contributed by atoms with Crippen molar-refractivity contribution < 1.29 is 4.79 Å². The van der Waals surface area contributed by atoms with Crippen LogP contribution in [0.15, 0.2) is 48.8 Å². The van der Waals surface area contributed by atoms with Crippen molar-refractivity contribution in [1.82, 2.24) is 9.88 Å². The van der Waals surface area contributed by atoms with E-state index in [9.17, 15) is 4.79 Å². The third-order valence-electron chi connectivity index (χ3n) is 5.84. The Labute approximate surface area is 161 Å². The van der Waals surface area contributed by atoms with Crippen molar-refractivity contribution >= 4 is 17.3 Å². The van der Waals surface area contributed by atoms with Crippen LogP contribution in [0.1, 0.15) is 42.5 Å². The van der Waals surface area contributed by atoms with Crippen LogP contribution in [-0.4, -0.2) is 48.0 Å². The molecule has 0 spiro atoms. The lowest BCUT2D eigenvalue weighted by Gasteiger charge is -2.41. The van der Waals surface area contributed by atoms with E-state index in [0.717, 1.165) is 37.9 Å². The number of pyridine rings is 1. The molecule has 4 rings (SSSR count). The average Bonchev–Trinajstić information content (AvgIpc) is 2.76. The molecule has 1 aliphatic heterocycles. The molecule has 142 valence electrons. The van der Waals surface area contributed by atoms with Gasteiger partial charge in [0.15, 0.2) is 0 Å². The number of carbonyl (C=O) groups excluding carboxylic acids is 1. The van der Waals surface area contributed by atoms with E-state index >= 15 is 0 Å². The molecule has 1 saturated heterocycles. The van der Waals surface area contributed by atoms with E-state index in [1.807, 2.05) is 12.1 Å². The molecule has 0 atom stereocenters. The average molecular weight is 364 g/mol. The van der Waals surface area contributed by atoms with Gasteiger partial charge in [0.1, 0.15) is 0 Å². The van der Waals surface area contributed by atoms with Crippen LogP contribution in [0.25, 0.3) is 0 Å². The molecular formula is C22H28N4O. The maximum atomic E-state index is 12.2. The molecule has 1 amide bonds. The number of aromatic nitrogens is 1. The van der Waals surface area contributed by atoms with Gasteiger partial charge in [0.05, 0.1) is 0 Å². The van der Waals surface area contributed by atoms with Crippen LogP contribution in [0.4, 0.5) is 11.4 Å². The Hall–Kier alpha value is -2.40. The third-order valence-corrected chi connectivity index (χ3v) is 5.84. The van der Waals surface area contributed by atoms with Gasteiger partial charge in [-0.05, 0) is 49.2 Å². The summed E-state index contributed by atoms with van der Waals surface area (Å²) in [6, 6.07) is 12.4. The molecule has 0 bridgehead atoms. The molecule has 2 heterocycles. The molecular weight excluding hydrogens is 336 g/mol. The second-order valence-electron chi connectivity index (χ2n) is 7.55. The van der Waals surface area contributed by atoms with Gasteiger partial charge in [0.25, 0.3) is 5.91 Å². The maximum Gasteiger partial charge on any atom is 0.255 e. The number of rotatable bonds is 4. The molecule has 5 heteroatoms. The van der Waals surface area contributed by atoms with E-state index in [1.165, 1.54) is 37.8 Å². The Morgan fingerprint density at radius 1 is 0.889 bits per heavy atom. The number of hydrogen-bond donors (Lipinski definition) is 1. The first-order valence-corrected chi connectivity index (χ1v) is 10.1. The van der Waals surface area contributed by atoms with Crippen LogP contribution in [0.5, 0.6) is 0 Å². The normalized spacial score (nSPS) is 19.0. The van der Waals surface area contributed by atoms with Crippen molar-refractivity contribution in [3.8, 4) is 0 Å². The lowest BCUT2D eigenvalue weighted by molar-refractivity contribution is 0.102. The van der Waals surface area contributed by atoms with E-state index in [-0.39, 0.29) is 5.91 Å². The van der Waals surface area contributed by atoms with E-state index in [1.54, 1.807) is 24.5 Å². The summed E-state index contributed by atoms with van der Waals surface area (Å²) in [7, 11) is 0. The minimum atomic E-state index is -0.105. The van der Waals surface area contributed by atoms with Crippen LogP contribution < -0.4 is 10.2 Å². The van der Waals surface area contributed by atoms with Crippen molar-refractivity contribution in [2.45, 2.75) is 38.1 Å². The Kier molecular flexibility index (Phi) is 5.68. The molecule has 1 saturated carbocycles. The number of hydrogen-bond acceptors (Lipinski definition) is 4.